The van der Waals surface area contributed by atoms with Gasteiger partial charge in [-0.1, -0.05) is 12.2 Å². The predicted molar refractivity (Wildman–Crippen MR) is 61.3 cm³/mol. The monoisotopic (exact) mass is 222 g/mol. The van der Waals surface area contributed by atoms with Crippen LogP contribution in [0.2, 0.25) is 0 Å². The normalized spacial score (nSPS) is 10.7. The second kappa shape index (κ2) is 6.00. The van der Waals surface area contributed by atoms with Crippen molar-refractivity contribution in [2.24, 2.45) is 0 Å². The predicted octanol–water partition coefficient (Wildman–Crippen LogP) is 2.07. The van der Waals surface area contributed by atoms with Crippen molar-refractivity contribution >= 4 is 12.0 Å². The first-order chi connectivity index (χ1) is 7.59. The van der Waals surface area contributed by atoms with Crippen molar-refractivity contribution in [3.05, 3.63) is 35.4 Å². The quantitative estimate of drug-likeness (QED) is 0.626. The van der Waals surface area contributed by atoms with E-state index in [4.69, 9.17) is 0 Å². The Hall–Kier alpha value is -1.71. The number of carbonyl (C=O) groups is 1. The molecule has 1 N–H and O–H groups in total. The van der Waals surface area contributed by atoms with E-state index in [2.05, 4.69) is 10.3 Å². The third kappa shape index (κ3) is 4.21. The topological polar surface area (TPSA) is 42.0 Å². The molecule has 0 fully saturated rings. The average Bonchev–Trinajstić information content (AvgIpc) is 2.20. The summed E-state index contributed by atoms with van der Waals surface area (Å²) in [6.45, 7) is 3.85. The average molecular weight is 222 g/mol. The maximum atomic E-state index is 12.7. The van der Waals surface area contributed by atoms with Gasteiger partial charge in [-0.3, -0.25) is 4.79 Å². The largest absolute Gasteiger partial charge is 0.356 e. The van der Waals surface area contributed by atoms with Gasteiger partial charge in [-0.05, 0) is 31.0 Å². The summed E-state index contributed by atoms with van der Waals surface area (Å²) in [5, 5.41) is 2.69. The first-order valence-electron chi connectivity index (χ1n) is 5.13. The van der Waals surface area contributed by atoms with Gasteiger partial charge in [0.1, 0.15) is 0 Å². The molecule has 0 aliphatic heterocycles. The van der Waals surface area contributed by atoms with Crippen molar-refractivity contribution in [2.75, 3.05) is 6.54 Å². The fourth-order valence-corrected chi connectivity index (χ4v) is 1.26. The lowest BCUT2D eigenvalue weighted by molar-refractivity contribution is -0.118. The van der Waals surface area contributed by atoms with Crippen LogP contribution in [0.1, 0.15) is 24.6 Å². The zero-order chi connectivity index (χ0) is 12.0. The molecule has 0 spiro atoms. The van der Waals surface area contributed by atoms with Crippen molar-refractivity contribution in [3.8, 4) is 0 Å². The van der Waals surface area contributed by atoms with Gasteiger partial charge in [0.05, 0.1) is 0 Å². The lowest BCUT2D eigenvalue weighted by atomic mass is 10.2. The summed E-state index contributed by atoms with van der Waals surface area (Å²) in [5.41, 5.74) is 1.56. The highest BCUT2D eigenvalue weighted by atomic mass is 19.1. The van der Waals surface area contributed by atoms with Gasteiger partial charge in [0.15, 0.2) is 0 Å². The molecular weight excluding hydrogens is 207 g/mol. The molecule has 0 atom stereocenters. The van der Waals surface area contributed by atoms with E-state index in [0.29, 0.717) is 12.2 Å². The zero-order valence-corrected chi connectivity index (χ0v) is 9.46. The molecule has 0 unspecified atom stereocenters. The van der Waals surface area contributed by atoms with Crippen LogP contribution < -0.4 is 5.32 Å². The summed E-state index contributed by atoms with van der Waals surface area (Å²) >= 11 is 0. The van der Waals surface area contributed by atoms with Gasteiger partial charge >= 0.3 is 0 Å². The summed E-state index contributed by atoms with van der Waals surface area (Å²) in [7, 11) is 0. The minimum atomic E-state index is -0.465. The van der Waals surface area contributed by atoms with Crippen LogP contribution in [-0.2, 0) is 4.79 Å². The van der Waals surface area contributed by atoms with Crippen molar-refractivity contribution in [1.82, 2.24) is 10.3 Å². The summed E-state index contributed by atoms with van der Waals surface area (Å²) in [6, 6.07) is 3.02. The number of rotatable bonds is 4. The van der Waals surface area contributed by atoms with Crippen LogP contribution in [-0.4, -0.2) is 17.4 Å². The Morgan fingerprint density at radius 2 is 2.31 bits per heavy atom. The summed E-state index contributed by atoms with van der Waals surface area (Å²) < 4.78 is 12.7. The number of hydrogen-bond donors (Lipinski definition) is 1. The van der Waals surface area contributed by atoms with Gasteiger partial charge in [0, 0.05) is 19.2 Å². The van der Waals surface area contributed by atoms with E-state index < -0.39 is 5.95 Å². The van der Waals surface area contributed by atoms with Crippen molar-refractivity contribution in [1.29, 1.82) is 0 Å². The molecule has 16 heavy (non-hydrogen) atoms. The minimum Gasteiger partial charge on any atom is -0.356 e. The molecule has 1 rings (SSSR count). The number of amides is 1. The van der Waals surface area contributed by atoms with E-state index in [1.54, 1.807) is 13.0 Å². The molecule has 1 heterocycles. The maximum Gasteiger partial charge on any atom is 0.216 e. The first-order valence-corrected chi connectivity index (χ1v) is 5.13. The SMILES string of the molecule is CC(=O)NCCC=Cc1ccc(F)nc1C. The highest BCUT2D eigenvalue weighted by molar-refractivity contribution is 5.72. The molecule has 1 aromatic heterocycles. The molecule has 0 saturated carbocycles. The number of halogens is 1. The van der Waals surface area contributed by atoms with Gasteiger partial charge in [0.25, 0.3) is 0 Å². The summed E-state index contributed by atoms with van der Waals surface area (Å²) in [4.78, 5) is 14.3. The van der Waals surface area contributed by atoms with E-state index in [0.717, 1.165) is 12.0 Å². The highest BCUT2D eigenvalue weighted by Gasteiger charge is 1.97. The van der Waals surface area contributed by atoms with Crippen LogP contribution in [0.25, 0.3) is 6.08 Å². The number of aromatic nitrogens is 1. The fraction of sp³-hybridized carbons (Fsp3) is 0.333. The Morgan fingerprint density at radius 3 is 2.94 bits per heavy atom. The molecule has 0 aromatic carbocycles. The smallest absolute Gasteiger partial charge is 0.216 e. The van der Waals surface area contributed by atoms with E-state index in [-0.39, 0.29) is 5.91 Å². The van der Waals surface area contributed by atoms with Gasteiger partial charge in [-0.2, -0.15) is 4.39 Å². The Morgan fingerprint density at radius 1 is 1.56 bits per heavy atom. The van der Waals surface area contributed by atoms with Crippen molar-refractivity contribution in [3.63, 3.8) is 0 Å². The third-order valence-corrected chi connectivity index (χ3v) is 2.08. The molecule has 0 aliphatic carbocycles. The van der Waals surface area contributed by atoms with Crippen LogP contribution in [0, 0.1) is 12.9 Å². The van der Waals surface area contributed by atoms with Crippen LogP contribution >= 0.6 is 0 Å². The minimum absolute atomic E-state index is 0.0342. The molecule has 0 bridgehead atoms. The molecule has 0 aliphatic rings. The van der Waals surface area contributed by atoms with Crippen LogP contribution in [0.3, 0.4) is 0 Å². The van der Waals surface area contributed by atoms with Crippen LogP contribution in [0.5, 0.6) is 0 Å². The Kier molecular flexibility index (Phi) is 4.64. The van der Waals surface area contributed by atoms with E-state index in [1.807, 2.05) is 12.2 Å². The van der Waals surface area contributed by atoms with Gasteiger partial charge in [-0.25, -0.2) is 4.98 Å². The Bertz CT molecular complexity index is 402. The lowest BCUT2D eigenvalue weighted by Crippen LogP contribution is -2.20. The third-order valence-electron chi connectivity index (χ3n) is 2.08. The van der Waals surface area contributed by atoms with Crippen LogP contribution in [0.4, 0.5) is 4.39 Å². The molecule has 1 amide bonds. The van der Waals surface area contributed by atoms with Crippen molar-refractivity contribution in [2.45, 2.75) is 20.3 Å². The molecular formula is C12H15FN2O. The number of hydrogen-bond acceptors (Lipinski definition) is 2. The van der Waals surface area contributed by atoms with E-state index in [1.165, 1.54) is 13.0 Å². The van der Waals surface area contributed by atoms with Gasteiger partial charge in [0.2, 0.25) is 11.9 Å². The molecule has 86 valence electrons. The maximum absolute atomic E-state index is 12.7. The summed E-state index contributed by atoms with van der Waals surface area (Å²) in [5.74, 6) is -0.499. The second-order valence-electron chi connectivity index (χ2n) is 3.48. The number of nitrogens with one attached hydrogen (secondary N) is 1. The van der Waals surface area contributed by atoms with Crippen molar-refractivity contribution < 1.29 is 9.18 Å². The van der Waals surface area contributed by atoms with Gasteiger partial charge < -0.3 is 5.32 Å². The number of aryl methyl sites for hydroxylation is 1. The van der Waals surface area contributed by atoms with Gasteiger partial charge in [-0.15, -0.1) is 0 Å². The van der Waals surface area contributed by atoms with Crippen LogP contribution in [0.15, 0.2) is 18.2 Å². The molecule has 3 nitrogen and oxygen atoms in total. The number of carbonyl (C=O) groups excluding carboxylic acids is 1. The molecule has 4 heteroatoms. The Labute approximate surface area is 94.4 Å². The lowest BCUT2D eigenvalue weighted by Gasteiger charge is -1.99. The first kappa shape index (κ1) is 12.4. The highest BCUT2D eigenvalue weighted by Crippen LogP contribution is 2.08. The Balaban J connectivity index is 2.47. The summed E-state index contributed by atoms with van der Waals surface area (Å²) in [6.07, 6.45) is 4.55. The second-order valence-corrected chi connectivity index (χ2v) is 3.48. The fourth-order valence-electron chi connectivity index (χ4n) is 1.26. The van der Waals surface area contributed by atoms with E-state index >= 15 is 0 Å². The number of nitrogens with zero attached hydrogens (tertiary/aromatic N) is 1. The molecule has 1 aromatic rings. The molecule has 0 radical (unpaired) electrons. The standard InChI is InChI=1S/C12H15FN2O/c1-9-11(6-7-12(13)15-9)5-3-4-8-14-10(2)16/h3,5-7H,4,8H2,1-2H3,(H,14,16). The van der Waals surface area contributed by atoms with E-state index in [9.17, 15) is 9.18 Å². The zero-order valence-electron chi connectivity index (χ0n) is 9.46. The number of pyridine rings is 1. The molecule has 0 saturated heterocycles.